The Morgan fingerprint density at radius 1 is 0.200 bits per heavy atom. The Labute approximate surface area is 773 Å². The maximum atomic E-state index is 2.58. The molecule has 0 amide bonds. The van der Waals surface area contributed by atoms with Gasteiger partial charge in [0.05, 0.1) is 16.2 Å². The molecule has 4 aliphatic carbocycles. The number of fused-ring (bicyclic) bond motifs is 14. The summed E-state index contributed by atoms with van der Waals surface area (Å²) in [5, 5.41) is 2.88. The van der Waals surface area contributed by atoms with Crippen molar-refractivity contribution in [3.05, 3.63) is 492 Å². The Bertz CT molecular complexity index is 6640. The minimum atomic E-state index is -0.537. The molecule has 0 atom stereocenters. The van der Waals surface area contributed by atoms with Crippen molar-refractivity contribution in [2.45, 2.75) is 188 Å². The van der Waals surface area contributed by atoms with E-state index in [1.54, 1.807) is 11.1 Å². The topological polar surface area (TPSA) is 3.24 Å². The number of hydrogen-bond acceptors (Lipinski definition) is 1. The largest absolute Gasteiger partial charge is 0.311 e. The summed E-state index contributed by atoms with van der Waals surface area (Å²) in [7, 11) is 0. The van der Waals surface area contributed by atoms with Crippen molar-refractivity contribution in [1.82, 2.24) is 0 Å². The zero-order valence-electron chi connectivity index (χ0n) is 78.0. The van der Waals surface area contributed by atoms with Gasteiger partial charge in [-0.25, -0.2) is 0 Å². The van der Waals surface area contributed by atoms with E-state index in [1.807, 2.05) is 0 Å². The third kappa shape index (κ3) is 14.6. The number of anilines is 3. The minimum Gasteiger partial charge on any atom is -0.311 e. The molecule has 0 aliphatic heterocycles. The summed E-state index contributed by atoms with van der Waals surface area (Å²) >= 11 is 0. The van der Waals surface area contributed by atoms with Crippen LogP contribution in [0.1, 0.15) is 232 Å². The standard InChI is InChI=1S/C94H73N.C35H48/c1-60-16-34-71(35-17-60)92(72-36-18-61(2)19-37-72)86-14-10-8-12-80(86)84-54-32-69(58-90(84)92)67-28-46-77(47-29-67)95(79-50-44-76(45-51-79)94(75-42-24-64(5)25-43-75)88-56-65(6)26-52-82(88)83-53-27-66(7)57-89(83)94)78-48-30-68(31-49-78)70-33-55-85-81-13-9-11-15-87(81)93(91(85)59-70,73-38-20-62(3)21-39-73)74-40-22-63(4)23-41-74;1-5-7-9-11-13-17-23-35(24-18-14-12-10-8-6-2)32-25-27(3)21-22-31(32)34-30-20-16-15-19-29(30)28(4)26-33(34)35/h8-59H,1-7H3;15-16,19-22,25-26H,5-14,17-18,23-24H2,1-4H3. The SMILES string of the molecule is CCCCCCCCC1(CCCCCCCC)c2cc(C)ccc2-c2c1cc(C)c1ccccc21.Cc1ccc(C2(c3ccc(N(c4ccc(-c5ccc6c(c5)C(c5ccc(C)cc5)(c5ccc(C)cc5)c5ccccc5-6)cc4)c4ccc(-c5ccc6c(c5)C(c5ccc(C)cc5)(c5ccc(C)cc5)c5ccccc5-6)cc4)cc3)c3cc(C)ccc3-c3ccc(C)cc32)cc1. The first-order valence-electron chi connectivity index (χ1n) is 48.4. The fraction of sp³-hybridized carbons (Fsp3) is 0.225. The van der Waals surface area contributed by atoms with Crippen LogP contribution >= 0.6 is 0 Å². The first-order chi connectivity index (χ1) is 63.5. The van der Waals surface area contributed by atoms with Gasteiger partial charge in [0.15, 0.2) is 0 Å². The molecular weight excluding hydrogens is 1560 g/mol. The molecule has 1 nitrogen and oxygen atoms in total. The number of aryl methyl sites for hydroxylation is 9. The van der Waals surface area contributed by atoms with Gasteiger partial charge in [-0.1, -0.05) is 451 Å². The zero-order chi connectivity index (χ0) is 89.0. The highest BCUT2D eigenvalue weighted by atomic mass is 15.1. The number of benzene rings is 17. The molecule has 21 rings (SSSR count). The molecule has 0 spiro atoms. The summed E-state index contributed by atoms with van der Waals surface area (Å²) < 4.78 is 0. The van der Waals surface area contributed by atoms with E-state index in [0.29, 0.717) is 0 Å². The van der Waals surface area contributed by atoms with Crippen molar-refractivity contribution in [1.29, 1.82) is 0 Å². The maximum absolute atomic E-state index is 2.58. The average Bonchev–Trinajstić information content (AvgIpc) is 1.55. The second-order valence-electron chi connectivity index (χ2n) is 38.6. The Kier molecular flexibility index (Phi) is 23.1. The monoisotopic (exact) mass is 1680 g/mol. The predicted octanol–water partition coefficient (Wildman–Crippen LogP) is 35.0. The molecule has 0 saturated heterocycles. The molecular formula is C129H121N. The molecule has 17 aromatic carbocycles. The summed E-state index contributed by atoms with van der Waals surface area (Å²) in [4.78, 5) is 2.44. The summed E-state index contributed by atoms with van der Waals surface area (Å²) in [5.74, 6) is 0. The molecule has 4 aliphatic rings. The lowest BCUT2D eigenvalue weighted by Gasteiger charge is -2.35. The Morgan fingerprint density at radius 3 is 0.862 bits per heavy atom. The van der Waals surface area contributed by atoms with Gasteiger partial charge in [0, 0.05) is 22.5 Å². The van der Waals surface area contributed by atoms with Crippen molar-refractivity contribution in [2.75, 3.05) is 4.90 Å². The lowest BCUT2D eigenvalue weighted by molar-refractivity contribution is 0.397. The normalized spacial score (nSPS) is 13.9. The fourth-order valence-corrected chi connectivity index (χ4v) is 23.5. The summed E-state index contributed by atoms with van der Waals surface area (Å²) in [6.45, 7) is 24.6. The van der Waals surface area contributed by atoms with E-state index in [1.165, 1.54) is 273 Å². The van der Waals surface area contributed by atoms with Crippen LogP contribution in [0.3, 0.4) is 0 Å². The zero-order valence-corrected chi connectivity index (χ0v) is 78.0. The Balaban J connectivity index is 0.000000253. The van der Waals surface area contributed by atoms with Crippen molar-refractivity contribution in [2.24, 2.45) is 0 Å². The molecule has 642 valence electrons. The molecule has 130 heavy (non-hydrogen) atoms. The van der Waals surface area contributed by atoms with Crippen molar-refractivity contribution < 1.29 is 0 Å². The highest BCUT2D eigenvalue weighted by Gasteiger charge is 2.51. The molecule has 0 heterocycles. The second kappa shape index (κ2) is 35.3. The predicted molar refractivity (Wildman–Crippen MR) is 553 cm³/mol. The van der Waals surface area contributed by atoms with E-state index >= 15 is 0 Å². The van der Waals surface area contributed by atoms with Crippen molar-refractivity contribution in [3.8, 4) is 66.8 Å². The van der Waals surface area contributed by atoms with E-state index < -0.39 is 16.2 Å². The average molecular weight is 1690 g/mol. The fourth-order valence-electron chi connectivity index (χ4n) is 23.5. The van der Waals surface area contributed by atoms with E-state index in [4.69, 9.17) is 0 Å². The minimum absolute atomic E-state index is 0.182. The van der Waals surface area contributed by atoms with Crippen LogP contribution in [-0.2, 0) is 21.7 Å². The quantitative estimate of drug-likeness (QED) is 0.0516. The van der Waals surface area contributed by atoms with Gasteiger partial charge in [0.1, 0.15) is 0 Å². The molecule has 0 fully saturated rings. The molecule has 1 heteroatoms. The summed E-state index contributed by atoms with van der Waals surface area (Å²) in [5.41, 5.74) is 47.7. The molecule has 0 radical (unpaired) electrons. The summed E-state index contributed by atoms with van der Waals surface area (Å²) in [6.07, 6.45) is 19.1. The third-order valence-corrected chi connectivity index (χ3v) is 30.1. The van der Waals surface area contributed by atoms with Crippen LogP contribution in [0.15, 0.2) is 364 Å². The summed E-state index contributed by atoms with van der Waals surface area (Å²) in [6, 6.07) is 140. The smallest absolute Gasteiger partial charge is 0.0713 e. The van der Waals surface area contributed by atoms with Gasteiger partial charge < -0.3 is 4.90 Å². The van der Waals surface area contributed by atoms with Gasteiger partial charge in [0.2, 0.25) is 0 Å². The maximum Gasteiger partial charge on any atom is 0.0713 e. The molecule has 17 aromatic rings. The van der Waals surface area contributed by atoms with Gasteiger partial charge in [-0.05, 0) is 285 Å². The van der Waals surface area contributed by atoms with Crippen molar-refractivity contribution in [3.63, 3.8) is 0 Å². The lowest BCUT2D eigenvalue weighted by atomic mass is 9.67. The first-order valence-corrected chi connectivity index (χ1v) is 48.4. The van der Waals surface area contributed by atoms with Crippen molar-refractivity contribution >= 4 is 27.8 Å². The van der Waals surface area contributed by atoms with Gasteiger partial charge in [-0.3, -0.25) is 0 Å². The molecule has 0 saturated carbocycles. The lowest BCUT2D eigenvalue weighted by Crippen LogP contribution is -2.29. The molecule has 0 bridgehead atoms. The van der Waals surface area contributed by atoms with Crippen LogP contribution in [0.5, 0.6) is 0 Å². The van der Waals surface area contributed by atoms with Gasteiger partial charge in [-0.15, -0.1) is 0 Å². The van der Waals surface area contributed by atoms with E-state index in [0.717, 1.165) is 28.2 Å². The van der Waals surface area contributed by atoms with E-state index in [-0.39, 0.29) is 5.41 Å². The van der Waals surface area contributed by atoms with Crippen LogP contribution in [-0.4, -0.2) is 0 Å². The number of rotatable bonds is 25. The van der Waals surface area contributed by atoms with E-state index in [9.17, 15) is 0 Å². The Hall–Kier alpha value is -13.2. The van der Waals surface area contributed by atoms with Crippen LogP contribution in [0, 0.1) is 62.3 Å². The number of unbranched alkanes of at least 4 members (excludes halogenated alkanes) is 10. The molecule has 0 aromatic heterocycles. The number of hydrogen-bond donors (Lipinski definition) is 0. The van der Waals surface area contributed by atoms with Crippen LogP contribution in [0.4, 0.5) is 17.1 Å². The van der Waals surface area contributed by atoms with Gasteiger partial charge in [-0.2, -0.15) is 0 Å². The van der Waals surface area contributed by atoms with Crippen LogP contribution < -0.4 is 4.90 Å². The first kappa shape index (κ1) is 84.9. The Morgan fingerprint density at radius 2 is 0.477 bits per heavy atom. The second-order valence-corrected chi connectivity index (χ2v) is 38.6. The molecule has 0 unspecified atom stereocenters. The van der Waals surface area contributed by atoms with Crippen LogP contribution in [0.25, 0.3) is 77.5 Å². The van der Waals surface area contributed by atoms with E-state index in [2.05, 4.69) is 445 Å². The highest BCUT2D eigenvalue weighted by Crippen LogP contribution is 2.62. The van der Waals surface area contributed by atoms with Gasteiger partial charge >= 0.3 is 0 Å². The molecule has 0 N–H and O–H groups in total. The highest BCUT2D eigenvalue weighted by molar-refractivity contribution is 6.04. The van der Waals surface area contributed by atoms with Gasteiger partial charge in [0.25, 0.3) is 0 Å². The third-order valence-electron chi connectivity index (χ3n) is 30.1. The van der Waals surface area contributed by atoms with Crippen LogP contribution in [0.2, 0.25) is 0 Å². The number of nitrogens with zero attached hydrogens (tertiary/aromatic N) is 1.